The smallest absolute Gasteiger partial charge is 0.248 e. The number of carbonyl (C=O) groups excluding carboxylic acids is 1. The topological polar surface area (TPSA) is 59.0 Å². The van der Waals surface area contributed by atoms with Crippen molar-refractivity contribution in [2.45, 2.75) is 13.1 Å². The van der Waals surface area contributed by atoms with Crippen LogP contribution in [-0.2, 0) is 17.9 Å². The van der Waals surface area contributed by atoms with Crippen molar-refractivity contribution in [2.24, 2.45) is 0 Å². The van der Waals surface area contributed by atoms with Crippen LogP contribution in [-0.4, -0.2) is 15.7 Å². The Balaban J connectivity index is 1.45. The Bertz CT molecular complexity index is 928. The summed E-state index contributed by atoms with van der Waals surface area (Å²) in [6.45, 7) is 1.65. The van der Waals surface area contributed by atoms with E-state index in [0.29, 0.717) is 0 Å². The summed E-state index contributed by atoms with van der Waals surface area (Å²) in [6.07, 6.45) is 6.93. The van der Waals surface area contributed by atoms with Crippen LogP contribution in [0.2, 0.25) is 0 Å². The molecule has 5 nitrogen and oxygen atoms in total. The summed E-state index contributed by atoms with van der Waals surface area (Å²) in [4.78, 5) is 12.2. The van der Waals surface area contributed by atoms with Gasteiger partial charge >= 0.3 is 0 Å². The quantitative estimate of drug-likeness (QED) is 0.723. The lowest BCUT2D eigenvalue weighted by Gasteiger charge is -2.07. The Morgan fingerprint density at radius 3 is 2.88 bits per heavy atom. The number of para-hydroxylation sites is 1. The van der Waals surface area contributed by atoms with Gasteiger partial charge in [-0.05, 0) is 35.4 Å². The van der Waals surface area contributed by atoms with Gasteiger partial charge in [-0.2, -0.15) is 5.10 Å². The molecule has 1 aliphatic heterocycles. The molecule has 5 heteroatoms. The normalized spacial score (nSPS) is 13.1. The summed E-state index contributed by atoms with van der Waals surface area (Å²) in [5.74, 6) is -0.146. The van der Waals surface area contributed by atoms with Crippen LogP contribution in [0.15, 0.2) is 67.0 Å². The summed E-state index contributed by atoms with van der Waals surface area (Å²) >= 11 is 0. The largest absolute Gasteiger partial charge is 0.322 e. The first-order chi connectivity index (χ1) is 12.3. The second-order valence-electron chi connectivity index (χ2n) is 5.92. The van der Waals surface area contributed by atoms with E-state index in [9.17, 15) is 4.79 Å². The lowest BCUT2D eigenvalue weighted by atomic mass is 10.1. The van der Waals surface area contributed by atoms with Crippen LogP contribution in [0.3, 0.4) is 0 Å². The highest BCUT2D eigenvalue weighted by molar-refractivity contribution is 6.02. The molecule has 0 saturated heterocycles. The predicted molar refractivity (Wildman–Crippen MR) is 98.2 cm³/mol. The number of fused-ring (bicyclic) bond motifs is 1. The van der Waals surface area contributed by atoms with Crippen molar-refractivity contribution >= 4 is 17.7 Å². The van der Waals surface area contributed by atoms with Gasteiger partial charge in [0.2, 0.25) is 5.91 Å². The minimum Gasteiger partial charge on any atom is -0.322 e. The van der Waals surface area contributed by atoms with Gasteiger partial charge in [0.15, 0.2) is 0 Å². The maximum atomic E-state index is 12.2. The van der Waals surface area contributed by atoms with E-state index in [1.165, 1.54) is 17.2 Å². The zero-order valence-electron chi connectivity index (χ0n) is 13.6. The van der Waals surface area contributed by atoms with Gasteiger partial charge in [0.05, 0.1) is 11.9 Å². The van der Waals surface area contributed by atoms with Crippen LogP contribution in [0, 0.1) is 0 Å². The highest BCUT2D eigenvalue weighted by atomic mass is 16.1. The Kier molecular flexibility index (Phi) is 4.14. The highest BCUT2D eigenvalue weighted by Gasteiger charge is 2.14. The maximum Gasteiger partial charge on any atom is 0.248 e. The summed E-state index contributed by atoms with van der Waals surface area (Å²) in [6, 6.07) is 15.8. The molecule has 4 rings (SSSR count). The molecule has 2 aromatic carbocycles. The molecule has 0 atom stereocenters. The molecule has 25 heavy (non-hydrogen) atoms. The molecule has 1 amide bonds. The number of nitrogens with one attached hydrogen (secondary N) is 2. The molecule has 0 saturated carbocycles. The Morgan fingerprint density at radius 1 is 1.12 bits per heavy atom. The summed E-state index contributed by atoms with van der Waals surface area (Å²) in [5, 5.41) is 10.6. The molecule has 1 aliphatic rings. The van der Waals surface area contributed by atoms with E-state index < -0.39 is 0 Å². The Labute approximate surface area is 146 Å². The number of benzene rings is 2. The first-order valence-electron chi connectivity index (χ1n) is 8.20. The molecule has 0 spiro atoms. The number of hydrogen-bond donors (Lipinski definition) is 2. The third-order valence-corrected chi connectivity index (χ3v) is 4.20. The first kappa shape index (κ1) is 15.4. The average molecular weight is 330 g/mol. The van der Waals surface area contributed by atoms with Crippen molar-refractivity contribution in [1.82, 2.24) is 15.1 Å². The zero-order valence-corrected chi connectivity index (χ0v) is 13.6. The van der Waals surface area contributed by atoms with Crippen LogP contribution in [0.4, 0.5) is 5.69 Å². The zero-order chi connectivity index (χ0) is 17.1. The van der Waals surface area contributed by atoms with E-state index in [0.717, 1.165) is 30.0 Å². The number of amides is 1. The van der Waals surface area contributed by atoms with Gasteiger partial charge in [-0.25, -0.2) is 4.68 Å². The van der Waals surface area contributed by atoms with Crippen LogP contribution in [0.1, 0.15) is 16.7 Å². The van der Waals surface area contributed by atoms with E-state index in [1.54, 1.807) is 17.0 Å². The third-order valence-electron chi connectivity index (χ3n) is 4.20. The predicted octanol–water partition coefficient (Wildman–Crippen LogP) is 3.13. The number of anilines is 1. The third kappa shape index (κ3) is 3.36. The van der Waals surface area contributed by atoms with E-state index in [2.05, 4.69) is 21.8 Å². The fourth-order valence-corrected chi connectivity index (χ4v) is 2.94. The van der Waals surface area contributed by atoms with E-state index in [4.69, 9.17) is 0 Å². The summed E-state index contributed by atoms with van der Waals surface area (Å²) in [5.41, 5.74) is 5.14. The minimum atomic E-state index is -0.146. The molecule has 0 aliphatic carbocycles. The molecule has 2 N–H and O–H groups in total. The van der Waals surface area contributed by atoms with Gasteiger partial charge in [0.1, 0.15) is 0 Å². The lowest BCUT2D eigenvalue weighted by molar-refractivity contribution is -0.111. The number of rotatable bonds is 4. The van der Waals surface area contributed by atoms with Crippen molar-refractivity contribution in [2.75, 3.05) is 5.32 Å². The van der Waals surface area contributed by atoms with Gasteiger partial charge in [0, 0.05) is 36.6 Å². The standard InChI is InChI=1S/C20H18N4O/c25-20(23-19-8-4-5-16-12-21-13-18(16)19)10-9-15-11-22-24(14-15)17-6-2-1-3-7-17/h1-11,14,21H,12-13H2,(H,23,25)/b10-9+. The minimum absolute atomic E-state index is 0.146. The van der Waals surface area contributed by atoms with Gasteiger partial charge in [-0.1, -0.05) is 30.3 Å². The second-order valence-corrected chi connectivity index (χ2v) is 5.92. The molecular weight excluding hydrogens is 312 g/mol. The van der Waals surface area contributed by atoms with Crippen molar-refractivity contribution in [3.63, 3.8) is 0 Å². The summed E-state index contributed by atoms with van der Waals surface area (Å²) < 4.78 is 1.79. The highest BCUT2D eigenvalue weighted by Crippen LogP contribution is 2.24. The van der Waals surface area contributed by atoms with Gasteiger partial charge in [-0.15, -0.1) is 0 Å². The molecule has 124 valence electrons. The van der Waals surface area contributed by atoms with Gasteiger partial charge < -0.3 is 10.6 Å². The summed E-state index contributed by atoms with van der Waals surface area (Å²) in [7, 11) is 0. The average Bonchev–Trinajstić information content (AvgIpc) is 3.31. The van der Waals surface area contributed by atoms with Crippen LogP contribution in [0.25, 0.3) is 11.8 Å². The van der Waals surface area contributed by atoms with Gasteiger partial charge in [0.25, 0.3) is 0 Å². The fourth-order valence-electron chi connectivity index (χ4n) is 2.94. The van der Waals surface area contributed by atoms with Crippen LogP contribution in [0.5, 0.6) is 0 Å². The van der Waals surface area contributed by atoms with Crippen molar-refractivity contribution in [3.8, 4) is 5.69 Å². The molecule has 0 radical (unpaired) electrons. The molecule has 0 unspecified atom stereocenters. The van der Waals surface area contributed by atoms with Crippen molar-refractivity contribution in [3.05, 3.63) is 83.7 Å². The van der Waals surface area contributed by atoms with Gasteiger partial charge in [-0.3, -0.25) is 4.79 Å². The van der Waals surface area contributed by atoms with Crippen molar-refractivity contribution in [1.29, 1.82) is 0 Å². The number of nitrogens with zero attached hydrogens (tertiary/aromatic N) is 2. The molecule has 0 bridgehead atoms. The molecule has 1 aromatic heterocycles. The van der Waals surface area contributed by atoms with E-state index >= 15 is 0 Å². The molecule has 0 fully saturated rings. The van der Waals surface area contributed by atoms with E-state index in [1.807, 2.05) is 48.7 Å². The lowest BCUT2D eigenvalue weighted by Crippen LogP contribution is -2.10. The molecular formula is C20H18N4O. The first-order valence-corrected chi connectivity index (χ1v) is 8.20. The monoisotopic (exact) mass is 330 g/mol. The van der Waals surface area contributed by atoms with Crippen molar-refractivity contribution < 1.29 is 4.79 Å². The molecule has 3 aromatic rings. The number of hydrogen-bond acceptors (Lipinski definition) is 3. The fraction of sp³-hybridized carbons (Fsp3) is 0.100. The van der Waals surface area contributed by atoms with Crippen LogP contribution < -0.4 is 10.6 Å². The van der Waals surface area contributed by atoms with Crippen LogP contribution >= 0.6 is 0 Å². The maximum absolute atomic E-state index is 12.2. The Morgan fingerprint density at radius 2 is 2.00 bits per heavy atom. The number of aromatic nitrogens is 2. The molecule has 2 heterocycles. The van der Waals surface area contributed by atoms with E-state index in [-0.39, 0.29) is 5.91 Å². The Hall–Kier alpha value is -3.18. The number of carbonyl (C=O) groups is 1. The SMILES string of the molecule is O=C(/C=C/c1cnn(-c2ccccc2)c1)Nc1cccc2c1CNC2. The second kappa shape index (κ2) is 6.75.